The second-order valence-corrected chi connectivity index (χ2v) is 9.49. The maximum atomic E-state index is 14.2. The molecule has 0 spiro atoms. The minimum atomic E-state index is -0.147. The van der Waals surface area contributed by atoms with Crippen molar-refractivity contribution in [1.29, 1.82) is 0 Å². The molecule has 2 N–H and O–H groups in total. The van der Waals surface area contributed by atoms with Gasteiger partial charge in [-0.2, -0.15) is 0 Å². The first-order chi connectivity index (χ1) is 17.2. The molecule has 180 valence electrons. The molecule has 1 fully saturated rings. The van der Waals surface area contributed by atoms with E-state index in [9.17, 15) is 4.39 Å². The summed E-state index contributed by atoms with van der Waals surface area (Å²) < 4.78 is 20.0. The predicted octanol–water partition coefficient (Wildman–Crippen LogP) is 4.87. The molecule has 5 nitrogen and oxygen atoms in total. The lowest BCUT2D eigenvalue weighted by Crippen LogP contribution is -2.46. The smallest absolute Gasteiger partial charge is 0.146 e. The Morgan fingerprint density at radius 3 is 2.60 bits per heavy atom. The average Bonchev–Trinajstić information content (AvgIpc) is 3.28. The summed E-state index contributed by atoms with van der Waals surface area (Å²) in [5.74, 6) is 0.768. The highest BCUT2D eigenvalue weighted by atomic mass is 19.1. The van der Waals surface area contributed by atoms with E-state index in [0.29, 0.717) is 5.69 Å². The van der Waals surface area contributed by atoms with Crippen molar-refractivity contribution < 1.29 is 9.13 Å². The van der Waals surface area contributed by atoms with E-state index in [1.807, 2.05) is 12.1 Å². The molecule has 4 aromatic rings. The fourth-order valence-corrected chi connectivity index (χ4v) is 5.66. The number of rotatable bonds is 5. The minimum Gasteiger partial charge on any atom is -0.496 e. The van der Waals surface area contributed by atoms with E-state index in [0.717, 1.165) is 51.4 Å². The standard InChI is InChI=1S/C29H31FN4O/c1-35-27-11-10-20(28-29-23(12-13-31-28)22-6-2-4-8-25(22)32-29)18-21(27)19-33-14-16-34(17-15-33)26-9-5-3-7-24(26)30/h2-11,18,28,31-32H,12-17,19H2,1H3. The number of hydrogen-bond donors (Lipinski definition) is 2. The molecule has 0 bridgehead atoms. The highest BCUT2D eigenvalue weighted by molar-refractivity contribution is 5.85. The van der Waals surface area contributed by atoms with Crippen molar-refractivity contribution >= 4 is 16.6 Å². The van der Waals surface area contributed by atoms with Crippen molar-refractivity contribution in [2.75, 3.05) is 44.7 Å². The van der Waals surface area contributed by atoms with Crippen LogP contribution >= 0.6 is 0 Å². The third-order valence-electron chi connectivity index (χ3n) is 7.46. The number of nitrogens with one attached hydrogen (secondary N) is 2. The maximum Gasteiger partial charge on any atom is 0.146 e. The Hall–Kier alpha value is -3.35. The highest BCUT2D eigenvalue weighted by Gasteiger charge is 2.26. The van der Waals surface area contributed by atoms with Crippen LogP contribution in [-0.2, 0) is 13.0 Å². The molecular formula is C29H31FN4O. The topological polar surface area (TPSA) is 43.5 Å². The number of hydrogen-bond acceptors (Lipinski definition) is 4. The van der Waals surface area contributed by atoms with E-state index in [1.165, 1.54) is 39.4 Å². The molecule has 0 aliphatic carbocycles. The van der Waals surface area contributed by atoms with Gasteiger partial charge in [-0.1, -0.05) is 36.4 Å². The molecule has 0 saturated carbocycles. The zero-order chi connectivity index (χ0) is 23.8. The summed E-state index contributed by atoms with van der Waals surface area (Å²) >= 11 is 0. The Kier molecular flexibility index (Phi) is 5.92. The number of para-hydroxylation sites is 2. The molecule has 2 aliphatic heterocycles. The second kappa shape index (κ2) is 9.36. The normalized spacial score (nSPS) is 18.6. The monoisotopic (exact) mass is 470 g/mol. The van der Waals surface area contributed by atoms with E-state index < -0.39 is 0 Å². The Balaban J connectivity index is 1.23. The molecule has 0 amide bonds. The maximum absolute atomic E-state index is 14.2. The van der Waals surface area contributed by atoms with Gasteiger partial charge < -0.3 is 19.9 Å². The van der Waals surface area contributed by atoms with E-state index in [2.05, 4.69) is 62.6 Å². The van der Waals surface area contributed by atoms with E-state index in [1.54, 1.807) is 13.2 Å². The van der Waals surface area contributed by atoms with Crippen LogP contribution in [-0.4, -0.2) is 49.7 Å². The van der Waals surface area contributed by atoms with Gasteiger partial charge in [-0.3, -0.25) is 4.90 Å². The average molecular weight is 471 g/mol. The summed E-state index contributed by atoms with van der Waals surface area (Å²) in [6.45, 7) is 5.16. The lowest BCUT2D eigenvalue weighted by Gasteiger charge is -2.36. The SMILES string of the molecule is COc1ccc(C2NCCc3c2[nH]c2ccccc32)cc1CN1CCN(c2ccccc2F)CC1. The number of fused-ring (bicyclic) bond motifs is 3. The number of anilines is 1. The van der Waals surface area contributed by atoms with Crippen LogP contribution in [0.2, 0.25) is 0 Å². The van der Waals surface area contributed by atoms with Gasteiger partial charge in [0, 0.05) is 61.4 Å². The summed E-state index contributed by atoms with van der Waals surface area (Å²) in [4.78, 5) is 8.25. The third kappa shape index (κ3) is 4.17. The van der Waals surface area contributed by atoms with E-state index >= 15 is 0 Å². The molecule has 0 radical (unpaired) electrons. The van der Waals surface area contributed by atoms with Crippen molar-refractivity contribution in [2.45, 2.75) is 19.0 Å². The van der Waals surface area contributed by atoms with Gasteiger partial charge in [0.25, 0.3) is 0 Å². The van der Waals surface area contributed by atoms with Crippen molar-refractivity contribution in [1.82, 2.24) is 15.2 Å². The number of nitrogens with zero attached hydrogens (tertiary/aromatic N) is 2. The Bertz CT molecular complexity index is 1340. The summed E-state index contributed by atoms with van der Waals surface area (Å²) in [5.41, 5.74) is 7.03. The van der Waals surface area contributed by atoms with Gasteiger partial charge >= 0.3 is 0 Å². The number of benzene rings is 3. The van der Waals surface area contributed by atoms with Crippen LogP contribution in [0.4, 0.5) is 10.1 Å². The summed E-state index contributed by atoms with van der Waals surface area (Å²) in [5, 5.41) is 5.05. The van der Waals surface area contributed by atoms with Gasteiger partial charge in [-0.15, -0.1) is 0 Å². The van der Waals surface area contributed by atoms with Gasteiger partial charge in [0.1, 0.15) is 11.6 Å². The number of piperazine rings is 1. The third-order valence-corrected chi connectivity index (χ3v) is 7.46. The van der Waals surface area contributed by atoms with Crippen LogP contribution < -0.4 is 15.0 Å². The molecule has 3 aromatic carbocycles. The van der Waals surface area contributed by atoms with Crippen molar-refractivity contribution in [3.8, 4) is 5.75 Å². The van der Waals surface area contributed by atoms with Gasteiger partial charge in [0.15, 0.2) is 0 Å². The van der Waals surface area contributed by atoms with Gasteiger partial charge in [-0.05, 0) is 47.9 Å². The van der Waals surface area contributed by atoms with Crippen LogP contribution in [0.25, 0.3) is 10.9 Å². The zero-order valence-electron chi connectivity index (χ0n) is 20.1. The fraction of sp³-hybridized carbons (Fsp3) is 0.310. The number of aromatic amines is 1. The summed E-state index contributed by atoms with van der Waals surface area (Å²) in [7, 11) is 1.74. The predicted molar refractivity (Wildman–Crippen MR) is 139 cm³/mol. The van der Waals surface area contributed by atoms with Crippen LogP contribution in [0.3, 0.4) is 0 Å². The zero-order valence-corrected chi connectivity index (χ0v) is 20.1. The van der Waals surface area contributed by atoms with Crippen molar-refractivity contribution in [3.63, 3.8) is 0 Å². The first-order valence-corrected chi connectivity index (χ1v) is 12.4. The second-order valence-electron chi connectivity index (χ2n) is 9.49. The van der Waals surface area contributed by atoms with Crippen molar-refractivity contribution in [2.24, 2.45) is 0 Å². The minimum absolute atomic E-state index is 0.133. The van der Waals surface area contributed by atoms with E-state index in [-0.39, 0.29) is 11.9 Å². The largest absolute Gasteiger partial charge is 0.496 e. The Morgan fingerprint density at radius 1 is 0.971 bits per heavy atom. The highest BCUT2D eigenvalue weighted by Crippen LogP contribution is 2.35. The van der Waals surface area contributed by atoms with Crippen LogP contribution in [0.15, 0.2) is 66.7 Å². The Labute approximate surface area is 205 Å². The number of ether oxygens (including phenoxy) is 1. The summed E-state index contributed by atoms with van der Waals surface area (Å²) in [6.07, 6.45) is 1.03. The number of halogens is 1. The van der Waals surface area contributed by atoms with Gasteiger partial charge in [0.2, 0.25) is 0 Å². The van der Waals surface area contributed by atoms with Crippen LogP contribution in [0.1, 0.15) is 28.4 Å². The molecule has 35 heavy (non-hydrogen) atoms. The number of H-pyrrole nitrogens is 1. The lowest BCUT2D eigenvalue weighted by molar-refractivity contribution is 0.245. The molecule has 1 atom stereocenters. The van der Waals surface area contributed by atoms with Gasteiger partial charge in [-0.25, -0.2) is 4.39 Å². The molecule has 3 heterocycles. The van der Waals surface area contributed by atoms with Crippen LogP contribution in [0.5, 0.6) is 5.75 Å². The number of methoxy groups -OCH3 is 1. The first kappa shape index (κ1) is 22.1. The summed E-state index contributed by atoms with van der Waals surface area (Å²) in [6, 6.07) is 22.3. The molecule has 1 unspecified atom stereocenters. The molecule has 1 aromatic heterocycles. The quantitative estimate of drug-likeness (QED) is 0.437. The number of aromatic nitrogens is 1. The van der Waals surface area contributed by atoms with Gasteiger partial charge in [0.05, 0.1) is 18.8 Å². The Morgan fingerprint density at radius 2 is 1.77 bits per heavy atom. The van der Waals surface area contributed by atoms with Crippen molar-refractivity contribution in [3.05, 3.63) is 94.9 Å². The van der Waals surface area contributed by atoms with E-state index in [4.69, 9.17) is 4.74 Å². The molecular weight excluding hydrogens is 439 g/mol. The molecule has 6 heteroatoms. The molecule has 1 saturated heterocycles. The van der Waals surface area contributed by atoms with Crippen LogP contribution in [0, 0.1) is 5.82 Å². The fourth-order valence-electron chi connectivity index (χ4n) is 5.66. The first-order valence-electron chi connectivity index (χ1n) is 12.4. The molecule has 6 rings (SSSR count). The lowest BCUT2D eigenvalue weighted by atomic mass is 9.93. The molecule has 2 aliphatic rings.